The van der Waals surface area contributed by atoms with Crippen molar-refractivity contribution in [2.45, 2.75) is 49.7 Å². The molecule has 29 heavy (non-hydrogen) atoms. The number of benzene rings is 1. The summed E-state index contributed by atoms with van der Waals surface area (Å²) in [7, 11) is 0. The molecule has 0 aromatic heterocycles. The topological polar surface area (TPSA) is 102 Å². The fourth-order valence-electron chi connectivity index (χ4n) is 4.22. The summed E-state index contributed by atoms with van der Waals surface area (Å²) in [4.78, 5) is 25.3. The van der Waals surface area contributed by atoms with Crippen LogP contribution in [0.15, 0.2) is 41.5 Å². The summed E-state index contributed by atoms with van der Waals surface area (Å²) < 4.78 is 45.0. The molecule has 0 spiro atoms. The van der Waals surface area contributed by atoms with Crippen LogP contribution in [0.5, 0.6) is 5.75 Å². The molecule has 1 aliphatic heterocycles. The maximum absolute atomic E-state index is 13.4. The van der Waals surface area contributed by atoms with Gasteiger partial charge >= 0.3 is 12.1 Å². The van der Waals surface area contributed by atoms with Gasteiger partial charge < -0.3 is 20.9 Å². The van der Waals surface area contributed by atoms with Crippen LogP contribution < -0.4 is 15.8 Å². The highest BCUT2D eigenvalue weighted by molar-refractivity contribution is 6.13. The largest absolute Gasteiger partial charge is 0.471 e. The van der Waals surface area contributed by atoms with Crippen LogP contribution in [0.3, 0.4) is 0 Å². The van der Waals surface area contributed by atoms with E-state index < -0.39 is 35.2 Å². The number of alkyl halides is 3. The molecular formula is C20H19F3N2O4. The molecule has 3 atom stereocenters. The lowest BCUT2D eigenvalue weighted by Crippen LogP contribution is -2.64. The van der Waals surface area contributed by atoms with Gasteiger partial charge in [-0.3, -0.25) is 9.59 Å². The number of fused-ring (bicyclic) bond motifs is 4. The molecule has 1 heterocycles. The monoisotopic (exact) mass is 408 g/mol. The molecule has 6 nitrogen and oxygen atoms in total. The van der Waals surface area contributed by atoms with E-state index in [-0.39, 0.29) is 34.8 Å². The Kier molecular flexibility index (Phi) is 4.02. The smallest absolute Gasteiger partial charge is 0.454 e. The predicted octanol–water partition coefficient (Wildman–Crippen LogP) is 1.93. The van der Waals surface area contributed by atoms with E-state index in [1.807, 2.05) is 13.8 Å². The summed E-state index contributed by atoms with van der Waals surface area (Å²) >= 11 is 0. The number of carbonyl (C=O) groups excluding carboxylic acids is 2. The van der Waals surface area contributed by atoms with Crippen molar-refractivity contribution >= 4 is 11.7 Å². The highest BCUT2D eigenvalue weighted by atomic mass is 19.4. The SMILES string of the molecule is CC(C)c1ccc2c(c1)OC1(O)C3=C(C(=O)C21NC(=O)C(F)(F)F)C(N)CC=C3. The first kappa shape index (κ1) is 19.7. The summed E-state index contributed by atoms with van der Waals surface area (Å²) in [6.07, 6.45) is -1.99. The van der Waals surface area contributed by atoms with Crippen molar-refractivity contribution in [1.82, 2.24) is 5.32 Å². The van der Waals surface area contributed by atoms with Gasteiger partial charge in [-0.05, 0) is 24.0 Å². The second-order valence-electron chi connectivity index (χ2n) is 7.76. The van der Waals surface area contributed by atoms with Crippen molar-refractivity contribution in [2.75, 3.05) is 0 Å². The van der Waals surface area contributed by atoms with Gasteiger partial charge in [0.15, 0.2) is 5.78 Å². The zero-order chi connectivity index (χ0) is 21.4. The summed E-state index contributed by atoms with van der Waals surface area (Å²) in [5, 5.41) is 13.2. The summed E-state index contributed by atoms with van der Waals surface area (Å²) in [6.45, 7) is 3.81. The van der Waals surface area contributed by atoms with Gasteiger partial charge in [-0.25, -0.2) is 0 Å². The molecule has 0 radical (unpaired) electrons. The number of carbonyl (C=O) groups is 2. The minimum atomic E-state index is -5.27. The van der Waals surface area contributed by atoms with Gasteiger partial charge in [0.1, 0.15) is 5.75 Å². The van der Waals surface area contributed by atoms with Crippen LogP contribution in [0.1, 0.15) is 37.3 Å². The maximum atomic E-state index is 13.4. The van der Waals surface area contributed by atoms with Crippen LogP contribution in [0, 0.1) is 0 Å². The number of nitrogens with two attached hydrogens (primary N) is 1. The maximum Gasteiger partial charge on any atom is 0.471 e. The third-order valence-electron chi connectivity index (χ3n) is 5.69. The molecule has 0 saturated heterocycles. The molecule has 0 fully saturated rings. The first-order chi connectivity index (χ1) is 13.4. The lowest BCUT2D eigenvalue weighted by Gasteiger charge is -2.35. The van der Waals surface area contributed by atoms with Gasteiger partial charge in [0.25, 0.3) is 5.79 Å². The van der Waals surface area contributed by atoms with Gasteiger partial charge in [0.2, 0.25) is 5.54 Å². The average Bonchev–Trinajstić information content (AvgIpc) is 2.98. The molecular weight excluding hydrogens is 389 g/mol. The molecule has 2 aliphatic carbocycles. The van der Waals surface area contributed by atoms with Gasteiger partial charge in [0.05, 0.1) is 0 Å². The number of hydrogen-bond acceptors (Lipinski definition) is 5. The fourth-order valence-corrected chi connectivity index (χ4v) is 4.22. The minimum absolute atomic E-state index is 0.0358. The van der Waals surface area contributed by atoms with Crippen LogP contribution in [0.2, 0.25) is 0 Å². The molecule has 0 saturated carbocycles. The Bertz CT molecular complexity index is 998. The van der Waals surface area contributed by atoms with Gasteiger partial charge in [-0.1, -0.05) is 38.1 Å². The minimum Gasteiger partial charge on any atom is -0.454 e. The number of ketones is 1. The van der Waals surface area contributed by atoms with Crippen LogP contribution >= 0.6 is 0 Å². The normalized spacial score (nSPS) is 30.2. The van der Waals surface area contributed by atoms with E-state index in [1.165, 1.54) is 12.1 Å². The van der Waals surface area contributed by atoms with Crippen molar-refractivity contribution in [3.8, 4) is 5.75 Å². The van der Waals surface area contributed by atoms with Gasteiger partial charge in [-0.15, -0.1) is 0 Å². The first-order valence-electron chi connectivity index (χ1n) is 9.10. The lowest BCUT2D eigenvalue weighted by atomic mass is 9.81. The van der Waals surface area contributed by atoms with E-state index in [0.29, 0.717) is 0 Å². The van der Waals surface area contributed by atoms with E-state index in [0.717, 1.165) is 5.56 Å². The number of nitrogens with one attached hydrogen (secondary N) is 1. The number of aliphatic hydroxyl groups is 1. The quantitative estimate of drug-likeness (QED) is 0.694. The number of rotatable bonds is 2. The predicted molar refractivity (Wildman–Crippen MR) is 95.7 cm³/mol. The standard InChI is InChI=1S/C20H19F3N2O4/c1-9(2)10-6-7-11-14(8-10)29-19(28)12-4-3-5-13(24)15(12)16(26)18(11,19)25-17(27)20(21,22)23/h3-4,6-9,13,28H,5,24H2,1-2H3,(H,25,27). The van der Waals surface area contributed by atoms with E-state index >= 15 is 0 Å². The van der Waals surface area contributed by atoms with Crippen molar-refractivity contribution in [1.29, 1.82) is 0 Å². The Hall–Kier alpha value is -2.65. The Morgan fingerprint density at radius 2 is 2.07 bits per heavy atom. The zero-order valence-electron chi connectivity index (χ0n) is 15.6. The molecule has 4 N–H and O–H groups in total. The van der Waals surface area contributed by atoms with E-state index in [4.69, 9.17) is 10.5 Å². The van der Waals surface area contributed by atoms with Crippen LogP contribution in [-0.2, 0) is 15.1 Å². The lowest BCUT2D eigenvalue weighted by molar-refractivity contribution is -0.187. The number of hydrogen-bond donors (Lipinski definition) is 3. The Morgan fingerprint density at radius 3 is 2.69 bits per heavy atom. The van der Waals surface area contributed by atoms with Crippen LogP contribution in [0.25, 0.3) is 0 Å². The molecule has 3 unspecified atom stereocenters. The summed E-state index contributed by atoms with van der Waals surface area (Å²) in [5.41, 5.74) is 4.20. The van der Waals surface area contributed by atoms with Crippen molar-refractivity contribution in [2.24, 2.45) is 5.73 Å². The number of Topliss-reactive ketones (excluding diaryl/α,β-unsaturated/α-hetero) is 1. The summed E-state index contributed by atoms with van der Waals surface area (Å²) in [5.74, 6) is -5.69. The average molecular weight is 408 g/mol. The van der Waals surface area contributed by atoms with E-state index in [1.54, 1.807) is 23.5 Å². The number of amides is 1. The second kappa shape index (κ2) is 5.93. The molecule has 1 amide bonds. The highest BCUT2D eigenvalue weighted by Gasteiger charge is 2.73. The third-order valence-corrected chi connectivity index (χ3v) is 5.69. The molecule has 3 aliphatic rings. The molecule has 0 bridgehead atoms. The van der Waals surface area contributed by atoms with Gasteiger partial charge in [0, 0.05) is 22.8 Å². The van der Waals surface area contributed by atoms with Crippen molar-refractivity contribution in [3.63, 3.8) is 0 Å². The Morgan fingerprint density at radius 1 is 1.38 bits per heavy atom. The van der Waals surface area contributed by atoms with E-state index in [2.05, 4.69) is 0 Å². The molecule has 4 rings (SSSR count). The Labute approximate surface area is 164 Å². The second-order valence-corrected chi connectivity index (χ2v) is 7.76. The molecule has 1 aromatic carbocycles. The molecule has 1 aromatic rings. The fraction of sp³-hybridized carbons (Fsp3) is 0.400. The van der Waals surface area contributed by atoms with Crippen LogP contribution in [-0.4, -0.2) is 34.8 Å². The van der Waals surface area contributed by atoms with Crippen LogP contribution in [0.4, 0.5) is 13.2 Å². The summed E-state index contributed by atoms with van der Waals surface area (Å²) in [6, 6.07) is 3.75. The van der Waals surface area contributed by atoms with E-state index in [9.17, 15) is 27.9 Å². The molecule has 154 valence electrons. The highest BCUT2D eigenvalue weighted by Crippen LogP contribution is 2.58. The zero-order valence-corrected chi connectivity index (χ0v) is 15.6. The third kappa shape index (κ3) is 2.43. The Balaban J connectivity index is 1.96. The molecule has 9 heteroatoms. The number of halogens is 3. The first-order valence-corrected chi connectivity index (χ1v) is 9.10. The van der Waals surface area contributed by atoms with Gasteiger partial charge in [-0.2, -0.15) is 13.2 Å². The van der Waals surface area contributed by atoms with Crippen molar-refractivity contribution in [3.05, 3.63) is 52.6 Å². The van der Waals surface area contributed by atoms with Crippen molar-refractivity contribution < 1.29 is 32.6 Å². The number of ether oxygens (including phenoxy) is 1.